The van der Waals surface area contributed by atoms with Gasteiger partial charge in [0.2, 0.25) is 5.88 Å². The highest BCUT2D eigenvalue weighted by molar-refractivity contribution is 7.88. The molecule has 0 spiro atoms. The minimum Gasteiger partial charge on any atom is -0.361 e. The van der Waals surface area contributed by atoms with Crippen molar-refractivity contribution in [2.45, 2.75) is 187 Å². The lowest BCUT2D eigenvalue weighted by molar-refractivity contribution is -0.290. The van der Waals surface area contributed by atoms with Crippen LogP contribution in [0, 0.1) is 18.2 Å². The van der Waals surface area contributed by atoms with E-state index in [9.17, 15) is 30.4 Å². The number of benzene rings is 2. The average Bonchev–Trinajstić information content (AvgIpc) is 1.57. The van der Waals surface area contributed by atoms with Gasteiger partial charge in [-0.2, -0.15) is 21.6 Å². The standard InChI is InChI=1S/C33H36F4N2O5S.C33H36FN3O2/c1-6-23-17-24(43-32(4,5)42-23)14-15-26-29(20-10-12-22(34)13-11-20)25-9-7-8-21-16-28(44-45(40,41)33(35,36)37)38-18-27(21)31(25)39-30(26)19(2)3;1-7-24-18-25(39-33(4,5)38-24)15-16-27-30(21-11-13-23(34)14-12-21)26-10-8-9-22-17-29(35-6)36-19-28(22)32(26)37-31(27)20(2)3/h10-16,18-19,23-24H,6-9,17H2,1-5H3;11-17,19-20,24-25H,7-10,18H2,1-5H3/b15-14+;16-15+/t23-,24+;24-,25+/m00/s1. The van der Waals surface area contributed by atoms with Gasteiger partial charge in [0.05, 0.1) is 47.2 Å². The lowest BCUT2D eigenvalue weighted by Gasteiger charge is -2.39. The first kappa shape index (κ1) is 61.8. The molecule has 2 fully saturated rings. The fourth-order valence-corrected chi connectivity index (χ4v) is 12.2. The number of aromatic nitrogens is 4. The molecule has 10 rings (SSSR count). The van der Waals surface area contributed by atoms with Gasteiger partial charge in [-0.05, 0) is 166 Å². The predicted octanol–water partition coefficient (Wildman–Crippen LogP) is 16.6. The van der Waals surface area contributed by atoms with E-state index in [2.05, 4.69) is 58.8 Å². The van der Waals surface area contributed by atoms with Gasteiger partial charge in [0.1, 0.15) is 17.8 Å². The quantitative estimate of drug-likeness (QED) is 0.0501. The molecule has 2 aliphatic heterocycles. The van der Waals surface area contributed by atoms with E-state index >= 15 is 0 Å². The summed E-state index contributed by atoms with van der Waals surface area (Å²) in [5, 5.41) is 0. The van der Waals surface area contributed by atoms with E-state index in [0.29, 0.717) is 48.3 Å². The van der Waals surface area contributed by atoms with E-state index in [1.165, 1.54) is 36.5 Å². The summed E-state index contributed by atoms with van der Waals surface area (Å²) >= 11 is 0. The Morgan fingerprint density at radius 3 is 1.50 bits per heavy atom. The number of aryl methyl sites for hydroxylation is 2. The van der Waals surface area contributed by atoms with Crippen molar-refractivity contribution in [2.75, 3.05) is 0 Å². The predicted molar refractivity (Wildman–Crippen MR) is 315 cm³/mol. The molecule has 2 aromatic carbocycles. The number of hydrogen-bond donors (Lipinski definition) is 0. The molecule has 4 aromatic heterocycles. The molecule has 444 valence electrons. The molecule has 6 aromatic rings. The van der Waals surface area contributed by atoms with Crippen LogP contribution in [0.1, 0.15) is 164 Å². The Balaban J connectivity index is 0.000000204. The zero-order valence-corrected chi connectivity index (χ0v) is 50.0. The smallest absolute Gasteiger partial charge is 0.361 e. The number of ether oxygens (including phenoxy) is 4. The minimum absolute atomic E-state index is 0.0405. The summed E-state index contributed by atoms with van der Waals surface area (Å²) in [7, 11) is -5.88. The van der Waals surface area contributed by atoms with Gasteiger partial charge in [0.15, 0.2) is 11.6 Å². The summed E-state index contributed by atoms with van der Waals surface area (Å²) < 4.78 is 119. The molecule has 2 saturated heterocycles. The Hall–Kier alpha value is -6.75. The van der Waals surface area contributed by atoms with Gasteiger partial charge < -0.3 is 28.0 Å². The topological polar surface area (TPSA) is 136 Å². The zero-order chi connectivity index (χ0) is 60.5. The summed E-state index contributed by atoms with van der Waals surface area (Å²) in [6.07, 6.45) is 18.8. The van der Waals surface area contributed by atoms with Crippen molar-refractivity contribution in [3.63, 3.8) is 0 Å². The molecule has 4 aliphatic rings. The van der Waals surface area contributed by atoms with E-state index in [0.717, 1.165) is 111 Å². The molecule has 84 heavy (non-hydrogen) atoms. The van der Waals surface area contributed by atoms with Crippen molar-refractivity contribution in [2.24, 2.45) is 0 Å². The first-order chi connectivity index (χ1) is 39.8. The van der Waals surface area contributed by atoms with Crippen molar-refractivity contribution in [1.29, 1.82) is 0 Å². The van der Waals surface area contributed by atoms with Crippen LogP contribution in [-0.4, -0.2) is 69.9 Å². The number of nitrogens with zero attached hydrogens (tertiary/aromatic N) is 5. The van der Waals surface area contributed by atoms with Crippen LogP contribution in [0.2, 0.25) is 0 Å². The van der Waals surface area contributed by atoms with Crippen LogP contribution in [0.5, 0.6) is 5.88 Å². The lowest BCUT2D eigenvalue weighted by atomic mass is 9.86. The van der Waals surface area contributed by atoms with Crippen LogP contribution in [0.3, 0.4) is 0 Å². The Labute approximate surface area is 489 Å². The molecule has 12 nitrogen and oxygen atoms in total. The van der Waals surface area contributed by atoms with Crippen molar-refractivity contribution < 1.29 is 53.5 Å². The minimum atomic E-state index is -5.88. The highest BCUT2D eigenvalue weighted by Crippen LogP contribution is 2.45. The van der Waals surface area contributed by atoms with Crippen molar-refractivity contribution in [1.82, 2.24) is 19.9 Å². The van der Waals surface area contributed by atoms with E-state index in [1.807, 2.05) is 71.9 Å². The van der Waals surface area contributed by atoms with Crippen LogP contribution >= 0.6 is 0 Å². The van der Waals surface area contributed by atoms with Crippen LogP contribution < -0.4 is 4.18 Å². The van der Waals surface area contributed by atoms with Gasteiger partial charge >= 0.3 is 15.6 Å². The lowest BCUT2D eigenvalue weighted by Crippen LogP contribution is -2.43. The normalized spacial score (nSPS) is 20.2. The second-order valence-electron chi connectivity index (χ2n) is 23.3. The molecule has 0 bridgehead atoms. The summed E-state index contributed by atoms with van der Waals surface area (Å²) in [5.74, 6) is -2.20. The number of halogens is 5. The van der Waals surface area contributed by atoms with Gasteiger partial charge in [0, 0.05) is 47.4 Å². The first-order valence-corrected chi connectivity index (χ1v) is 30.3. The van der Waals surface area contributed by atoms with Crippen LogP contribution in [0.15, 0.2) is 85.2 Å². The van der Waals surface area contributed by atoms with Crippen LogP contribution in [0.25, 0.3) is 61.8 Å². The Bertz CT molecular complexity index is 3610. The molecule has 6 heterocycles. The maximum absolute atomic E-state index is 14.1. The molecule has 18 heteroatoms. The van der Waals surface area contributed by atoms with E-state index in [-0.39, 0.29) is 47.9 Å². The third-order valence-electron chi connectivity index (χ3n) is 15.5. The number of hydrogen-bond acceptors (Lipinski definition) is 11. The van der Waals surface area contributed by atoms with Crippen molar-refractivity contribution in [3.05, 3.63) is 153 Å². The molecule has 0 amide bonds. The first-order valence-electron chi connectivity index (χ1n) is 28.9. The molecular formula is C66H72F5N5O7S. The zero-order valence-electron chi connectivity index (χ0n) is 49.2. The third kappa shape index (κ3) is 13.8. The van der Waals surface area contributed by atoms with Crippen molar-refractivity contribution >= 4 is 28.1 Å². The van der Waals surface area contributed by atoms with Gasteiger partial charge in [0.25, 0.3) is 5.82 Å². The fourth-order valence-electron chi connectivity index (χ4n) is 11.8. The Kier molecular flexibility index (Phi) is 18.4. The maximum atomic E-state index is 14.1. The fraction of sp³-hybridized carbons (Fsp3) is 0.439. The molecule has 0 radical (unpaired) electrons. The number of rotatable bonds is 12. The third-order valence-corrected chi connectivity index (χ3v) is 16.5. The highest BCUT2D eigenvalue weighted by Gasteiger charge is 2.49. The molecule has 0 unspecified atom stereocenters. The van der Waals surface area contributed by atoms with Gasteiger partial charge in [-0.15, -0.1) is 4.98 Å². The van der Waals surface area contributed by atoms with Crippen LogP contribution in [0.4, 0.5) is 27.8 Å². The molecular weight excluding hydrogens is 1100 g/mol. The number of fused-ring (bicyclic) bond motifs is 6. The van der Waals surface area contributed by atoms with Crippen molar-refractivity contribution in [3.8, 4) is 50.6 Å². The highest BCUT2D eigenvalue weighted by atomic mass is 32.2. The second-order valence-corrected chi connectivity index (χ2v) is 24.9. The summed E-state index contributed by atoms with van der Waals surface area (Å²) in [6, 6.07) is 16.1. The summed E-state index contributed by atoms with van der Waals surface area (Å²) in [5.41, 5.74) is 8.51. The van der Waals surface area contributed by atoms with Crippen LogP contribution in [-0.2, 0) is 54.7 Å². The molecule has 2 aliphatic carbocycles. The van der Waals surface area contributed by atoms with Gasteiger partial charge in [-0.3, -0.25) is 9.97 Å². The monoisotopic (exact) mass is 1170 g/mol. The Morgan fingerprint density at radius 1 is 0.667 bits per heavy atom. The number of alkyl halides is 3. The molecule has 0 N–H and O–H groups in total. The van der Waals surface area contributed by atoms with Gasteiger partial charge in [-0.25, -0.2) is 13.8 Å². The molecule has 0 saturated carbocycles. The largest absolute Gasteiger partial charge is 0.534 e. The SMILES string of the molecule is CC[C@H]1C[C@@H](/C=C/c2c(C(C)C)nc3c(c2-c2ccc(F)cc2)CCCc2cc(OS(=O)(=O)C(F)(F)F)ncc2-3)OC(C)(C)O1.[C-]#[N+]c1cc2c(cn1)-c1nc(C(C)C)c(/C=C/[C@@H]3C[C@H](CC)OC(C)(C)O3)c(-c3ccc(F)cc3)c1CCC2. The Morgan fingerprint density at radius 2 is 1.10 bits per heavy atom. The average molecular weight is 1170 g/mol. The summed E-state index contributed by atoms with van der Waals surface area (Å²) in [4.78, 5) is 22.3. The molecule has 4 atom stereocenters. The van der Waals surface area contributed by atoms with Gasteiger partial charge in [-0.1, -0.05) is 96.7 Å². The van der Waals surface area contributed by atoms with E-state index in [4.69, 9.17) is 35.5 Å². The number of pyridine rings is 4. The summed E-state index contributed by atoms with van der Waals surface area (Å²) in [6.45, 7) is 27.7. The second kappa shape index (κ2) is 25.1. The maximum Gasteiger partial charge on any atom is 0.534 e. The van der Waals surface area contributed by atoms with E-state index < -0.39 is 33.1 Å². The van der Waals surface area contributed by atoms with E-state index in [1.54, 1.807) is 18.3 Å².